The standard InChI is InChI=1S/C14H17N3/c1-11(13-7-3-4-9-17-13)14(15-2)12-6-5-8-16-10-12/h3-11,14-15H,1-2H3. The second-order valence-electron chi connectivity index (χ2n) is 4.10. The molecule has 0 spiro atoms. The summed E-state index contributed by atoms with van der Waals surface area (Å²) in [6.45, 7) is 2.18. The van der Waals surface area contributed by atoms with Gasteiger partial charge in [0, 0.05) is 36.2 Å². The summed E-state index contributed by atoms with van der Waals surface area (Å²) in [6.07, 6.45) is 5.53. The Morgan fingerprint density at radius 1 is 1.12 bits per heavy atom. The Kier molecular flexibility index (Phi) is 3.83. The number of likely N-dealkylation sites (N-methyl/N-ethyl adjacent to an activating group) is 1. The van der Waals surface area contributed by atoms with E-state index >= 15 is 0 Å². The maximum absolute atomic E-state index is 4.41. The van der Waals surface area contributed by atoms with Crippen LogP contribution < -0.4 is 5.32 Å². The zero-order valence-corrected chi connectivity index (χ0v) is 10.2. The van der Waals surface area contributed by atoms with Gasteiger partial charge in [0.2, 0.25) is 0 Å². The Morgan fingerprint density at radius 3 is 2.59 bits per heavy atom. The van der Waals surface area contributed by atoms with Crippen molar-refractivity contribution in [1.29, 1.82) is 0 Å². The van der Waals surface area contributed by atoms with Crippen LogP contribution in [0.2, 0.25) is 0 Å². The van der Waals surface area contributed by atoms with Crippen LogP contribution in [-0.2, 0) is 0 Å². The highest BCUT2D eigenvalue weighted by atomic mass is 14.9. The second-order valence-corrected chi connectivity index (χ2v) is 4.10. The fourth-order valence-electron chi connectivity index (χ4n) is 2.08. The first-order valence-corrected chi connectivity index (χ1v) is 5.81. The average Bonchev–Trinajstić information content (AvgIpc) is 2.42. The number of pyridine rings is 2. The normalized spacial score (nSPS) is 14.2. The maximum atomic E-state index is 4.41. The van der Waals surface area contributed by atoms with Gasteiger partial charge in [-0.3, -0.25) is 9.97 Å². The van der Waals surface area contributed by atoms with Crippen LogP contribution in [0.5, 0.6) is 0 Å². The maximum Gasteiger partial charge on any atom is 0.0450 e. The molecule has 0 radical (unpaired) electrons. The van der Waals surface area contributed by atoms with Crippen LogP contribution in [-0.4, -0.2) is 17.0 Å². The summed E-state index contributed by atoms with van der Waals surface area (Å²) < 4.78 is 0. The van der Waals surface area contributed by atoms with E-state index in [2.05, 4.69) is 34.3 Å². The van der Waals surface area contributed by atoms with Crippen molar-refractivity contribution in [1.82, 2.24) is 15.3 Å². The Labute approximate surface area is 102 Å². The van der Waals surface area contributed by atoms with E-state index in [1.54, 1.807) is 6.20 Å². The molecular weight excluding hydrogens is 210 g/mol. The molecule has 88 valence electrons. The van der Waals surface area contributed by atoms with Gasteiger partial charge in [0.1, 0.15) is 0 Å². The highest BCUT2D eigenvalue weighted by Gasteiger charge is 2.19. The zero-order valence-electron chi connectivity index (χ0n) is 10.2. The van der Waals surface area contributed by atoms with Crippen LogP contribution in [0.1, 0.15) is 30.1 Å². The fraction of sp³-hybridized carbons (Fsp3) is 0.286. The van der Waals surface area contributed by atoms with Crippen molar-refractivity contribution in [3.05, 3.63) is 60.2 Å². The molecule has 1 N–H and O–H groups in total. The van der Waals surface area contributed by atoms with Gasteiger partial charge < -0.3 is 5.32 Å². The molecule has 0 aromatic carbocycles. The van der Waals surface area contributed by atoms with Gasteiger partial charge >= 0.3 is 0 Å². The Hall–Kier alpha value is -1.74. The van der Waals surface area contributed by atoms with E-state index in [0.29, 0.717) is 5.92 Å². The molecule has 0 aliphatic carbocycles. The molecule has 0 bridgehead atoms. The van der Waals surface area contributed by atoms with E-state index in [1.165, 1.54) is 5.56 Å². The van der Waals surface area contributed by atoms with Gasteiger partial charge in [0.25, 0.3) is 0 Å². The zero-order chi connectivity index (χ0) is 12.1. The lowest BCUT2D eigenvalue weighted by Gasteiger charge is -2.23. The fourth-order valence-corrected chi connectivity index (χ4v) is 2.08. The van der Waals surface area contributed by atoms with Gasteiger partial charge in [-0.15, -0.1) is 0 Å². The molecule has 2 unspecified atom stereocenters. The number of rotatable bonds is 4. The monoisotopic (exact) mass is 227 g/mol. The molecule has 2 heterocycles. The van der Waals surface area contributed by atoms with Gasteiger partial charge in [-0.1, -0.05) is 19.1 Å². The lowest BCUT2D eigenvalue weighted by Crippen LogP contribution is -2.22. The summed E-state index contributed by atoms with van der Waals surface area (Å²) in [6, 6.07) is 10.3. The SMILES string of the molecule is CNC(c1cccnc1)C(C)c1ccccn1. The molecule has 2 atom stereocenters. The van der Waals surface area contributed by atoms with Crippen molar-refractivity contribution >= 4 is 0 Å². The summed E-state index contributed by atoms with van der Waals surface area (Å²) in [7, 11) is 1.97. The molecule has 2 aromatic heterocycles. The van der Waals surface area contributed by atoms with E-state index < -0.39 is 0 Å². The first-order valence-electron chi connectivity index (χ1n) is 5.81. The molecule has 0 amide bonds. The molecule has 2 rings (SSSR count). The number of aromatic nitrogens is 2. The van der Waals surface area contributed by atoms with Gasteiger partial charge in [0.05, 0.1) is 0 Å². The third-order valence-electron chi connectivity index (χ3n) is 3.01. The van der Waals surface area contributed by atoms with E-state index in [-0.39, 0.29) is 6.04 Å². The average molecular weight is 227 g/mol. The van der Waals surface area contributed by atoms with Gasteiger partial charge in [0.15, 0.2) is 0 Å². The van der Waals surface area contributed by atoms with Crippen molar-refractivity contribution in [3.8, 4) is 0 Å². The second kappa shape index (κ2) is 5.55. The molecule has 0 fully saturated rings. The van der Waals surface area contributed by atoms with E-state index in [1.807, 2.05) is 37.6 Å². The largest absolute Gasteiger partial charge is 0.312 e. The lowest BCUT2D eigenvalue weighted by molar-refractivity contribution is 0.498. The smallest absolute Gasteiger partial charge is 0.0450 e. The van der Waals surface area contributed by atoms with Crippen LogP contribution in [0.4, 0.5) is 0 Å². The van der Waals surface area contributed by atoms with Crippen molar-refractivity contribution in [2.75, 3.05) is 7.05 Å². The summed E-state index contributed by atoms with van der Waals surface area (Å²) in [4.78, 5) is 8.58. The number of hydrogen-bond donors (Lipinski definition) is 1. The molecule has 0 saturated heterocycles. The highest BCUT2D eigenvalue weighted by Crippen LogP contribution is 2.28. The van der Waals surface area contributed by atoms with Crippen molar-refractivity contribution in [2.45, 2.75) is 18.9 Å². The quantitative estimate of drug-likeness (QED) is 0.872. The van der Waals surface area contributed by atoms with Crippen molar-refractivity contribution in [3.63, 3.8) is 0 Å². The minimum absolute atomic E-state index is 0.235. The summed E-state index contributed by atoms with van der Waals surface area (Å²) in [5.74, 6) is 0.311. The van der Waals surface area contributed by atoms with Crippen LogP contribution in [0.3, 0.4) is 0 Å². The minimum atomic E-state index is 0.235. The van der Waals surface area contributed by atoms with E-state index in [4.69, 9.17) is 0 Å². The van der Waals surface area contributed by atoms with E-state index in [9.17, 15) is 0 Å². The van der Waals surface area contributed by atoms with Gasteiger partial charge in [-0.25, -0.2) is 0 Å². The number of nitrogens with one attached hydrogen (secondary N) is 1. The topological polar surface area (TPSA) is 37.8 Å². The third-order valence-corrected chi connectivity index (χ3v) is 3.01. The minimum Gasteiger partial charge on any atom is -0.312 e. The van der Waals surface area contributed by atoms with Crippen molar-refractivity contribution in [2.24, 2.45) is 0 Å². The molecule has 2 aromatic rings. The number of hydrogen-bond acceptors (Lipinski definition) is 3. The molecule has 0 aliphatic heterocycles. The summed E-state index contributed by atoms with van der Waals surface area (Å²) in [5.41, 5.74) is 2.28. The third kappa shape index (κ3) is 2.68. The summed E-state index contributed by atoms with van der Waals surface area (Å²) >= 11 is 0. The lowest BCUT2D eigenvalue weighted by atomic mass is 9.92. The molecule has 0 aliphatic rings. The first kappa shape index (κ1) is 11.7. The highest BCUT2D eigenvalue weighted by molar-refractivity contribution is 5.21. The predicted molar refractivity (Wildman–Crippen MR) is 68.7 cm³/mol. The first-order chi connectivity index (χ1) is 8.33. The predicted octanol–water partition coefficient (Wildman–Crippen LogP) is 2.54. The van der Waals surface area contributed by atoms with Crippen LogP contribution in [0.15, 0.2) is 48.9 Å². The molecule has 3 heteroatoms. The Bertz CT molecular complexity index is 442. The van der Waals surface area contributed by atoms with Crippen molar-refractivity contribution < 1.29 is 0 Å². The molecular formula is C14H17N3. The molecule has 17 heavy (non-hydrogen) atoms. The Morgan fingerprint density at radius 2 is 2.00 bits per heavy atom. The molecule has 3 nitrogen and oxygen atoms in total. The van der Waals surface area contributed by atoms with Crippen LogP contribution in [0, 0.1) is 0 Å². The van der Waals surface area contributed by atoms with Crippen LogP contribution in [0.25, 0.3) is 0 Å². The number of nitrogens with zero attached hydrogens (tertiary/aromatic N) is 2. The molecule has 0 saturated carbocycles. The summed E-state index contributed by atoms with van der Waals surface area (Å²) in [5, 5.41) is 3.34. The van der Waals surface area contributed by atoms with Gasteiger partial charge in [-0.05, 0) is 30.8 Å². The van der Waals surface area contributed by atoms with Gasteiger partial charge in [-0.2, -0.15) is 0 Å². The van der Waals surface area contributed by atoms with E-state index in [0.717, 1.165) is 5.69 Å². The van der Waals surface area contributed by atoms with Crippen LogP contribution >= 0.6 is 0 Å². The Balaban J connectivity index is 2.25.